The Bertz CT molecular complexity index is 969. The van der Waals surface area contributed by atoms with Crippen LogP contribution in [0, 0.1) is 0 Å². The van der Waals surface area contributed by atoms with Crippen LogP contribution in [-0.2, 0) is 13.0 Å². The van der Waals surface area contributed by atoms with Crippen molar-refractivity contribution in [2.24, 2.45) is 0 Å². The third kappa shape index (κ3) is 2.86. The van der Waals surface area contributed by atoms with Gasteiger partial charge in [-0.2, -0.15) is 5.10 Å². The van der Waals surface area contributed by atoms with E-state index in [0.29, 0.717) is 18.8 Å². The van der Waals surface area contributed by atoms with Crippen molar-refractivity contribution < 1.29 is 0 Å². The van der Waals surface area contributed by atoms with Crippen LogP contribution in [0.25, 0.3) is 0 Å². The van der Waals surface area contributed by atoms with Crippen molar-refractivity contribution in [1.82, 2.24) is 30.2 Å². The minimum Gasteiger partial charge on any atom is -0.362 e. The van der Waals surface area contributed by atoms with Crippen LogP contribution in [-0.4, -0.2) is 36.7 Å². The molecule has 0 saturated heterocycles. The quantitative estimate of drug-likeness (QED) is 0.753. The molecule has 0 radical (unpaired) electrons. The van der Waals surface area contributed by atoms with Crippen molar-refractivity contribution in [2.45, 2.75) is 32.4 Å². The summed E-state index contributed by atoms with van der Waals surface area (Å²) in [6, 6.07) is 4.10. The van der Waals surface area contributed by atoms with Crippen LogP contribution in [0.3, 0.4) is 0 Å². The van der Waals surface area contributed by atoms with Gasteiger partial charge in [0, 0.05) is 25.4 Å². The van der Waals surface area contributed by atoms with E-state index in [4.69, 9.17) is 11.6 Å². The summed E-state index contributed by atoms with van der Waals surface area (Å²) in [5.74, 6) is 0. The zero-order chi connectivity index (χ0) is 18.1. The number of nitrogens with one attached hydrogen (secondary N) is 1. The van der Waals surface area contributed by atoms with Gasteiger partial charge in [0.2, 0.25) is 0 Å². The normalized spacial score (nSPS) is 14.9. The molecule has 1 atom stereocenters. The van der Waals surface area contributed by atoms with Crippen LogP contribution in [0.15, 0.2) is 35.5 Å². The lowest BCUT2D eigenvalue weighted by molar-refractivity contribution is 0.472. The van der Waals surface area contributed by atoms with Gasteiger partial charge in [-0.1, -0.05) is 29.8 Å². The van der Waals surface area contributed by atoms with Gasteiger partial charge in [-0.3, -0.25) is 9.78 Å². The fourth-order valence-electron chi connectivity index (χ4n) is 3.40. The number of nitrogens with zero attached hydrogens (tertiary/aromatic N) is 6. The molecule has 0 aliphatic carbocycles. The zero-order valence-corrected chi connectivity index (χ0v) is 15.0. The molecule has 3 aromatic rings. The molecular weight excluding hydrogens is 354 g/mol. The van der Waals surface area contributed by atoms with E-state index in [2.05, 4.69) is 38.5 Å². The molecule has 0 unspecified atom stereocenters. The van der Waals surface area contributed by atoms with E-state index in [1.807, 2.05) is 21.8 Å². The minimum absolute atomic E-state index is 0.108. The van der Waals surface area contributed by atoms with Crippen LogP contribution >= 0.6 is 11.6 Å². The molecule has 0 saturated carbocycles. The Morgan fingerprint density at radius 3 is 3.04 bits per heavy atom. The third-order valence-electron chi connectivity index (χ3n) is 4.70. The Balaban J connectivity index is 1.65. The van der Waals surface area contributed by atoms with Crippen LogP contribution in [0.2, 0.25) is 5.02 Å². The smallest absolute Gasteiger partial charge is 0.285 e. The first-order valence-electron chi connectivity index (χ1n) is 8.50. The fourth-order valence-corrected chi connectivity index (χ4v) is 3.61. The molecule has 134 valence electrons. The van der Waals surface area contributed by atoms with E-state index in [0.717, 1.165) is 29.8 Å². The maximum Gasteiger partial charge on any atom is 0.285 e. The summed E-state index contributed by atoms with van der Waals surface area (Å²) in [6.45, 7) is 3.39. The Labute approximate surface area is 154 Å². The molecule has 26 heavy (non-hydrogen) atoms. The first-order chi connectivity index (χ1) is 12.7. The molecule has 0 fully saturated rings. The average molecular weight is 372 g/mol. The van der Waals surface area contributed by atoms with Gasteiger partial charge in [0.1, 0.15) is 10.7 Å². The molecule has 0 aromatic carbocycles. The van der Waals surface area contributed by atoms with Gasteiger partial charge in [0.05, 0.1) is 30.2 Å². The van der Waals surface area contributed by atoms with Crippen molar-refractivity contribution in [1.29, 1.82) is 0 Å². The molecule has 1 aliphatic rings. The highest BCUT2D eigenvalue weighted by Crippen LogP contribution is 2.29. The van der Waals surface area contributed by atoms with Gasteiger partial charge >= 0.3 is 0 Å². The van der Waals surface area contributed by atoms with E-state index in [1.165, 1.54) is 0 Å². The summed E-state index contributed by atoms with van der Waals surface area (Å²) in [5.41, 5.74) is 3.36. The summed E-state index contributed by atoms with van der Waals surface area (Å²) in [7, 11) is 0. The Morgan fingerprint density at radius 2 is 2.27 bits per heavy atom. The van der Waals surface area contributed by atoms with E-state index >= 15 is 0 Å². The number of rotatable bonds is 4. The number of H-pyrrole nitrogens is 1. The second-order valence-electron chi connectivity index (χ2n) is 6.21. The van der Waals surface area contributed by atoms with Gasteiger partial charge < -0.3 is 4.90 Å². The predicted octanol–water partition coefficient (Wildman–Crippen LogP) is 1.97. The topological polar surface area (TPSA) is 92.6 Å². The highest BCUT2D eigenvalue weighted by molar-refractivity contribution is 6.32. The molecule has 8 nitrogen and oxygen atoms in total. The van der Waals surface area contributed by atoms with Crippen molar-refractivity contribution in [2.75, 3.05) is 11.4 Å². The highest BCUT2D eigenvalue weighted by Gasteiger charge is 2.27. The van der Waals surface area contributed by atoms with Gasteiger partial charge in [0.25, 0.3) is 5.56 Å². The summed E-state index contributed by atoms with van der Waals surface area (Å²) >= 11 is 6.14. The van der Waals surface area contributed by atoms with E-state index in [1.54, 1.807) is 12.4 Å². The molecular formula is C17H18ClN7O. The van der Waals surface area contributed by atoms with Gasteiger partial charge in [-0.05, 0) is 18.1 Å². The number of aromatic nitrogens is 6. The average Bonchev–Trinajstić information content (AvgIpc) is 3.09. The molecule has 0 spiro atoms. The zero-order valence-electron chi connectivity index (χ0n) is 14.3. The van der Waals surface area contributed by atoms with Crippen LogP contribution in [0.5, 0.6) is 0 Å². The van der Waals surface area contributed by atoms with Crippen LogP contribution in [0.1, 0.15) is 36.3 Å². The molecule has 1 N–H and O–H groups in total. The minimum atomic E-state index is -0.388. The number of aromatic amines is 1. The Hall–Kier alpha value is -2.74. The van der Waals surface area contributed by atoms with Crippen molar-refractivity contribution in [3.63, 3.8) is 0 Å². The molecule has 4 heterocycles. The number of pyridine rings is 1. The van der Waals surface area contributed by atoms with Gasteiger partial charge in [-0.15, -0.1) is 5.10 Å². The predicted molar refractivity (Wildman–Crippen MR) is 97.3 cm³/mol. The number of anilines is 1. The number of halogens is 1. The van der Waals surface area contributed by atoms with Crippen LogP contribution < -0.4 is 10.5 Å². The van der Waals surface area contributed by atoms with Crippen molar-refractivity contribution in [3.8, 4) is 0 Å². The summed E-state index contributed by atoms with van der Waals surface area (Å²) < 4.78 is 2.00. The third-order valence-corrected chi connectivity index (χ3v) is 5.06. The second-order valence-corrected chi connectivity index (χ2v) is 6.59. The maximum atomic E-state index is 11.7. The van der Waals surface area contributed by atoms with Gasteiger partial charge in [0.15, 0.2) is 0 Å². The largest absolute Gasteiger partial charge is 0.362 e. The molecule has 0 amide bonds. The molecule has 3 aromatic heterocycles. The maximum absolute atomic E-state index is 11.7. The first-order valence-corrected chi connectivity index (χ1v) is 8.87. The molecule has 0 bridgehead atoms. The van der Waals surface area contributed by atoms with E-state index < -0.39 is 0 Å². The highest BCUT2D eigenvalue weighted by atomic mass is 35.5. The van der Waals surface area contributed by atoms with Crippen molar-refractivity contribution >= 4 is 17.3 Å². The second kappa shape index (κ2) is 6.87. The Morgan fingerprint density at radius 1 is 1.38 bits per heavy atom. The lowest BCUT2D eigenvalue weighted by atomic mass is 10.0. The SMILES string of the molecule is CC[C@@H](c1cccnc1)n1nnc2c1CCN(c1cn[nH]c(=O)c1Cl)C2. The molecule has 9 heteroatoms. The van der Waals surface area contributed by atoms with Crippen molar-refractivity contribution in [3.05, 3.63) is 63.1 Å². The fraction of sp³-hybridized carbons (Fsp3) is 0.353. The lowest BCUT2D eigenvalue weighted by Gasteiger charge is -2.29. The summed E-state index contributed by atoms with van der Waals surface area (Å²) in [5, 5.41) is 15.1. The monoisotopic (exact) mass is 371 g/mol. The van der Waals surface area contributed by atoms with Crippen LogP contribution in [0.4, 0.5) is 5.69 Å². The number of fused-ring (bicyclic) bond motifs is 1. The molecule has 1 aliphatic heterocycles. The van der Waals surface area contributed by atoms with E-state index in [-0.39, 0.29) is 16.6 Å². The van der Waals surface area contributed by atoms with Gasteiger partial charge in [-0.25, -0.2) is 9.78 Å². The first kappa shape index (κ1) is 16.7. The molecule has 4 rings (SSSR count). The number of hydrogen-bond acceptors (Lipinski definition) is 6. The Kier molecular flexibility index (Phi) is 4.42. The lowest BCUT2D eigenvalue weighted by Crippen LogP contribution is -2.33. The standard InChI is InChI=1S/C17H18ClN7O/c1-2-13(11-4-3-6-19-8-11)25-14-5-7-24(10-12(14)21-23-25)15-9-20-22-17(26)16(15)18/h3-4,6,8-9,13H,2,5,7,10H2,1H3,(H,22,26)/t13-/m0/s1. The van der Waals surface area contributed by atoms with E-state index in [9.17, 15) is 4.79 Å². The summed E-state index contributed by atoms with van der Waals surface area (Å²) in [6.07, 6.45) is 6.88. The number of hydrogen-bond donors (Lipinski definition) is 1. The summed E-state index contributed by atoms with van der Waals surface area (Å²) in [4.78, 5) is 17.9.